The summed E-state index contributed by atoms with van der Waals surface area (Å²) in [5.41, 5.74) is 2.46. The molecule has 4 rings (SSSR count). The first kappa shape index (κ1) is 15.1. The van der Waals surface area contributed by atoms with Gasteiger partial charge in [0.25, 0.3) is 11.3 Å². The zero-order chi connectivity index (χ0) is 17.1. The van der Waals surface area contributed by atoms with Crippen LogP contribution in [0.25, 0.3) is 10.9 Å². The minimum atomic E-state index is -0.238. The molecule has 0 aliphatic heterocycles. The van der Waals surface area contributed by atoms with Crippen molar-refractivity contribution in [2.24, 2.45) is 0 Å². The van der Waals surface area contributed by atoms with Crippen LogP contribution in [0.15, 0.2) is 79.3 Å². The number of pyridine rings is 3. The maximum absolute atomic E-state index is 10.9. The summed E-state index contributed by atoms with van der Waals surface area (Å²) in [6, 6.07) is 19.4. The van der Waals surface area contributed by atoms with E-state index >= 15 is 0 Å². The lowest BCUT2D eigenvalue weighted by atomic mass is 9.99. The molecule has 0 amide bonds. The minimum Gasteiger partial charge on any atom is -0.502 e. The van der Waals surface area contributed by atoms with Gasteiger partial charge in [-0.1, -0.05) is 6.07 Å². The summed E-state index contributed by atoms with van der Waals surface area (Å²) in [6.45, 7) is 0. The van der Waals surface area contributed by atoms with Gasteiger partial charge in [-0.3, -0.25) is 5.32 Å². The van der Waals surface area contributed by atoms with Crippen molar-refractivity contribution in [1.29, 1.82) is 0 Å². The molecule has 0 fully saturated rings. The van der Waals surface area contributed by atoms with Crippen LogP contribution >= 0.6 is 0 Å². The predicted molar refractivity (Wildman–Crippen MR) is 93.6 cm³/mol. The number of nitrogens with one attached hydrogen (secondary N) is 4. The van der Waals surface area contributed by atoms with Crippen molar-refractivity contribution in [3.8, 4) is 5.75 Å². The number of aromatic nitrogens is 3. The van der Waals surface area contributed by atoms with Crippen molar-refractivity contribution in [3.63, 3.8) is 0 Å². The molecule has 122 valence electrons. The summed E-state index contributed by atoms with van der Waals surface area (Å²) in [4.78, 5) is 9.58. The Morgan fingerprint density at radius 1 is 0.760 bits per heavy atom. The Morgan fingerprint density at radius 3 is 2.32 bits per heavy atom. The smallest absolute Gasteiger partial charge is 0.273 e. The van der Waals surface area contributed by atoms with Gasteiger partial charge in [-0.15, -0.1) is 0 Å². The highest BCUT2D eigenvalue weighted by Crippen LogP contribution is 2.33. The van der Waals surface area contributed by atoms with Crippen LogP contribution in [0.5, 0.6) is 5.75 Å². The van der Waals surface area contributed by atoms with Crippen LogP contribution in [-0.2, 0) is 0 Å². The summed E-state index contributed by atoms with van der Waals surface area (Å²) < 4.78 is 0. The standard InChI is InChI=1S/C20H16N4O/c25-20-15(10-9-14-6-5-13-23-18(14)20)19(16-7-1-3-11-21-16)24-17-8-2-4-12-22-17/h1-13,19,25H,(H,22,24)/p+3. The second-order valence-electron chi connectivity index (χ2n) is 5.81. The molecule has 1 unspecified atom stereocenters. The fraction of sp³-hybridized carbons (Fsp3) is 0.0500. The van der Waals surface area contributed by atoms with E-state index in [0.29, 0.717) is 0 Å². The molecule has 0 aliphatic rings. The summed E-state index contributed by atoms with van der Waals surface area (Å²) >= 11 is 0. The van der Waals surface area contributed by atoms with Crippen molar-refractivity contribution in [1.82, 2.24) is 0 Å². The van der Waals surface area contributed by atoms with E-state index in [1.165, 1.54) is 0 Å². The van der Waals surface area contributed by atoms with Crippen molar-refractivity contribution >= 4 is 16.7 Å². The second-order valence-corrected chi connectivity index (χ2v) is 5.81. The summed E-state index contributed by atoms with van der Waals surface area (Å²) in [7, 11) is 0. The van der Waals surface area contributed by atoms with Crippen LogP contribution in [0.4, 0.5) is 5.82 Å². The fourth-order valence-corrected chi connectivity index (χ4v) is 2.98. The first-order chi connectivity index (χ1) is 12.3. The predicted octanol–water partition coefficient (Wildman–Crippen LogP) is 2.19. The highest BCUT2D eigenvalue weighted by atomic mass is 16.3. The molecule has 0 radical (unpaired) electrons. The van der Waals surface area contributed by atoms with E-state index in [-0.39, 0.29) is 11.8 Å². The van der Waals surface area contributed by atoms with Gasteiger partial charge in [-0.05, 0) is 30.3 Å². The molecular weight excluding hydrogens is 312 g/mol. The molecule has 0 spiro atoms. The fourth-order valence-electron chi connectivity index (χ4n) is 2.98. The molecule has 0 saturated carbocycles. The number of rotatable bonds is 4. The van der Waals surface area contributed by atoms with Crippen molar-refractivity contribution in [2.75, 3.05) is 5.32 Å². The number of hydrogen-bond acceptors (Lipinski definition) is 2. The second kappa shape index (κ2) is 6.57. The van der Waals surface area contributed by atoms with E-state index in [4.69, 9.17) is 0 Å². The Labute approximate surface area is 145 Å². The van der Waals surface area contributed by atoms with Crippen LogP contribution in [0.1, 0.15) is 17.3 Å². The minimum absolute atomic E-state index is 0.238. The van der Waals surface area contributed by atoms with Gasteiger partial charge >= 0.3 is 0 Å². The van der Waals surface area contributed by atoms with Crippen LogP contribution in [0.3, 0.4) is 0 Å². The largest absolute Gasteiger partial charge is 0.502 e. The number of anilines is 1. The van der Waals surface area contributed by atoms with Gasteiger partial charge in [0.1, 0.15) is 0 Å². The van der Waals surface area contributed by atoms with Crippen LogP contribution in [0.2, 0.25) is 0 Å². The lowest BCUT2D eigenvalue weighted by Crippen LogP contribution is -2.24. The summed E-state index contributed by atoms with van der Waals surface area (Å²) in [6.07, 6.45) is 5.55. The first-order valence-corrected chi connectivity index (χ1v) is 8.15. The lowest BCUT2D eigenvalue weighted by molar-refractivity contribution is -0.392. The zero-order valence-electron chi connectivity index (χ0n) is 13.5. The SMILES string of the molecule is Oc1c(C(Nc2cccc[nH+]2)c2cccc[nH+]2)ccc2ccc[nH+]c12. The number of hydrogen-bond donors (Lipinski definition) is 2. The van der Waals surface area contributed by atoms with Crippen LogP contribution in [0, 0.1) is 0 Å². The summed E-state index contributed by atoms with van der Waals surface area (Å²) in [5.74, 6) is 1.10. The van der Waals surface area contributed by atoms with E-state index in [0.717, 1.165) is 28.0 Å². The quantitative estimate of drug-likeness (QED) is 0.601. The average Bonchev–Trinajstić information content (AvgIpc) is 2.69. The van der Waals surface area contributed by atoms with E-state index in [1.54, 1.807) is 0 Å². The molecule has 25 heavy (non-hydrogen) atoms. The lowest BCUT2D eigenvalue weighted by Gasteiger charge is -2.12. The van der Waals surface area contributed by atoms with Crippen LogP contribution < -0.4 is 20.3 Å². The van der Waals surface area contributed by atoms with Gasteiger partial charge < -0.3 is 5.11 Å². The highest BCUT2D eigenvalue weighted by molar-refractivity contribution is 5.83. The Morgan fingerprint density at radius 2 is 1.56 bits per heavy atom. The topological polar surface area (TPSA) is 74.7 Å². The van der Waals surface area contributed by atoms with E-state index in [2.05, 4.69) is 20.3 Å². The molecule has 4 aromatic rings. The first-order valence-electron chi connectivity index (χ1n) is 8.15. The molecular formula is C20H19N4O+3. The third-order valence-electron chi connectivity index (χ3n) is 4.21. The molecule has 1 atom stereocenters. The average molecular weight is 331 g/mol. The normalized spacial score (nSPS) is 12.0. The third-order valence-corrected chi connectivity index (χ3v) is 4.21. The Balaban J connectivity index is 1.85. The van der Waals surface area contributed by atoms with E-state index < -0.39 is 0 Å². The van der Waals surface area contributed by atoms with Gasteiger partial charge in [-0.2, -0.15) is 0 Å². The van der Waals surface area contributed by atoms with Crippen molar-refractivity contribution in [2.45, 2.75) is 6.04 Å². The zero-order valence-corrected chi connectivity index (χ0v) is 13.5. The maximum Gasteiger partial charge on any atom is 0.273 e. The molecule has 1 aromatic carbocycles. The number of H-pyrrole nitrogens is 3. The number of fused-ring (bicyclic) bond motifs is 1. The molecule has 0 aliphatic carbocycles. The van der Waals surface area contributed by atoms with E-state index in [1.807, 2.05) is 79.3 Å². The van der Waals surface area contributed by atoms with Gasteiger partial charge in [0.05, 0.1) is 17.1 Å². The van der Waals surface area contributed by atoms with Gasteiger partial charge in [0, 0.05) is 24.3 Å². The number of benzene rings is 1. The molecule has 0 saturated heterocycles. The molecule has 3 aromatic heterocycles. The maximum atomic E-state index is 10.9. The van der Waals surface area contributed by atoms with E-state index in [9.17, 15) is 5.11 Å². The number of phenolic OH excluding ortho intramolecular Hbond substituents is 1. The van der Waals surface area contributed by atoms with Crippen molar-refractivity contribution in [3.05, 3.63) is 90.5 Å². The molecule has 5 nitrogen and oxygen atoms in total. The Hall–Kier alpha value is -3.47. The third kappa shape index (κ3) is 2.99. The number of aromatic hydroxyl groups is 1. The number of phenols is 1. The monoisotopic (exact) mass is 331 g/mol. The highest BCUT2D eigenvalue weighted by Gasteiger charge is 2.29. The molecule has 0 bridgehead atoms. The molecule has 5 N–H and O–H groups in total. The van der Waals surface area contributed by atoms with Gasteiger partial charge in [-0.25, -0.2) is 15.0 Å². The molecule has 5 heteroatoms. The van der Waals surface area contributed by atoms with Gasteiger partial charge in [0.15, 0.2) is 18.1 Å². The molecule has 3 heterocycles. The van der Waals surface area contributed by atoms with Crippen molar-refractivity contribution < 1.29 is 20.1 Å². The van der Waals surface area contributed by atoms with Crippen LogP contribution in [-0.4, -0.2) is 5.11 Å². The number of aromatic amines is 3. The Kier molecular flexibility index (Phi) is 3.96. The van der Waals surface area contributed by atoms with Gasteiger partial charge in [0.2, 0.25) is 11.7 Å². The summed E-state index contributed by atoms with van der Waals surface area (Å²) in [5, 5.41) is 15.3. The Bertz CT molecular complexity index is 990.